The Morgan fingerprint density at radius 3 is 2.41 bits per heavy atom. The van der Waals surface area contributed by atoms with Crippen LogP contribution in [0.4, 0.5) is 5.69 Å². The van der Waals surface area contributed by atoms with Gasteiger partial charge in [-0.15, -0.1) is 0 Å². The molecular weight excluding hydrogens is 286 g/mol. The van der Waals surface area contributed by atoms with Gasteiger partial charge in [0.1, 0.15) is 11.3 Å². The Morgan fingerprint density at radius 1 is 1.23 bits per heavy atom. The number of hydrogen-bond acceptors (Lipinski definition) is 6. The summed E-state index contributed by atoms with van der Waals surface area (Å²) in [6.07, 6.45) is 0. The van der Waals surface area contributed by atoms with Crippen LogP contribution in [0.1, 0.15) is 31.1 Å². The molecule has 0 aromatic heterocycles. The van der Waals surface area contributed by atoms with E-state index in [2.05, 4.69) is 4.99 Å². The molecule has 0 fully saturated rings. The summed E-state index contributed by atoms with van der Waals surface area (Å²) >= 11 is 0. The predicted molar refractivity (Wildman–Crippen MR) is 82.5 cm³/mol. The van der Waals surface area contributed by atoms with Crippen LogP contribution in [0, 0.1) is 0 Å². The summed E-state index contributed by atoms with van der Waals surface area (Å²) in [6.45, 7) is 4.78. The average molecular weight is 305 g/mol. The number of para-hydroxylation sites is 1. The van der Waals surface area contributed by atoms with E-state index in [9.17, 15) is 14.7 Å². The van der Waals surface area contributed by atoms with Crippen molar-refractivity contribution in [2.75, 3.05) is 13.7 Å². The molecule has 0 saturated carbocycles. The van der Waals surface area contributed by atoms with Crippen LogP contribution >= 0.6 is 0 Å². The summed E-state index contributed by atoms with van der Waals surface area (Å²) in [5, 5.41) is 9.69. The van der Waals surface area contributed by atoms with E-state index >= 15 is 0 Å². The number of hydrogen-bond donors (Lipinski definition) is 1. The van der Waals surface area contributed by atoms with Gasteiger partial charge in [-0.3, -0.25) is 4.99 Å². The van der Waals surface area contributed by atoms with Crippen molar-refractivity contribution in [1.29, 1.82) is 0 Å². The van der Waals surface area contributed by atoms with Crippen LogP contribution in [0.2, 0.25) is 0 Å². The summed E-state index contributed by atoms with van der Waals surface area (Å²) in [4.78, 5) is 27.8. The van der Waals surface area contributed by atoms with Crippen LogP contribution in [-0.4, -0.2) is 36.5 Å². The van der Waals surface area contributed by atoms with Gasteiger partial charge in [0, 0.05) is 0 Å². The number of benzene rings is 1. The fourth-order valence-electron chi connectivity index (χ4n) is 1.85. The predicted octanol–water partition coefficient (Wildman–Crippen LogP) is 2.96. The van der Waals surface area contributed by atoms with Crippen molar-refractivity contribution < 1.29 is 24.2 Å². The molecule has 0 radical (unpaired) electrons. The van der Waals surface area contributed by atoms with Crippen LogP contribution in [0.25, 0.3) is 0 Å². The number of ether oxygens (including phenoxy) is 2. The van der Waals surface area contributed by atoms with Crippen molar-refractivity contribution in [3.05, 3.63) is 41.2 Å². The normalized spacial score (nSPS) is 12.5. The highest BCUT2D eigenvalue weighted by atomic mass is 16.5. The van der Waals surface area contributed by atoms with E-state index in [1.807, 2.05) is 0 Å². The highest BCUT2D eigenvalue weighted by molar-refractivity contribution is 6.20. The van der Waals surface area contributed by atoms with E-state index in [0.717, 1.165) is 0 Å². The number of aliphatic hydroxyl groups excluding tert-OH is 1. The van der Waals surface area contributed by atoms with Gasteiger partial charge in [-0.2, -0.15) is 0 Å². The molecule has 0 aliphatic rings. The topological polar surface area (TPSA) is 85.2 Å². The minimum absolute atomic E-state index is 0.0264. The van der Waals surface area contributed by atoms with Crippen molar-refractivity contribution in [1.82, 2.24) is 0 Å². The Hall–Kier alpha value is -2.63. The van der Waals surface area contributed by atoms with Gasteiger partial charge < -0.3 is 14.6 Å². The monoisotopic (exact) mass is 305 g/mol. The number of nitrogens with zero attached hydrogens (tertiary/aromatic N) is 1. The molecule has 1 aromatic carbocycles. The molecule has 0 amide bonds. The first kappa shape index (κ1) is 17.4. The SMILES string of the molecule is CCOC(=O)/C(C(C)=Nc1ccccc1C(=O)OC)=C(\C)O. The molecular formula is C16H19NO5. The number of aliphatic imine (C=N–C) groups is 1. The molecule has 0 unspecified atom stereocenters. The lowest BCUT2D eigenvalue weighted by atomic mass is 10.1. The third-order valence-corrected chi connectivity index (χ3v) is 2.80. The number of methoxy groups -OCH3 is 1. The van der Waals surface area contributed by atoms with Crippen molar-refractivity contribution in [3.8, 4) is 0 Å². The highest BCUT2D eigenvalue weighted by Gasteiger charge is 2.19. The Bertz CT molecular complexity index is 627. The van der Waals surface area contributed by atoms with E-state index < -0.39 is 11.9 Å². The largest absolute Gasteiger partial charge is 0.512 e. The minimum Gasteiger partial charge on any atom is -0.512 e. The maximum absolute atomic E-state index is 11.9. The van der Waals surface area contributed by atoms with E-state index in [4.69, 9.17) is 9.47 Å². The second-order valence-corrected chi connectivity index (χ2v) is 4.39. The van der Waals surface area contributed by atoms with Crippen molar-refractivity contribution in [3.63, 3.8) is 0 Å². The fraction of sp³-hybridized carbons (Fsp3) is 0.312. The molecule has 0 bridgehead atoms. The van der Waals surface area contributed by atoms with Gasteiger partial charge in [-0.05, 0) is 32.9 Å². The summed E-state index contributed by atoms with van der Waals surface area (Å²) in [5.41, 5.74) is 0.828. The molecule has 6 heteroatoms. The number of carbonyl (C=O) groups is 2. The van der Waals surface area contributed by atoms with Crippen molar-refractivity contribution in [2.45, 2.75) is 20.8 Å². The van der Waals surface area contributed by atoms with E-state index in [0.29, 0.717) is 5.69 Å². The van der Waals surface area contributed by atoms with Crippen LogP contribution in [0.5, 0.6) is 0 Å². The third kappa shape index (κ3) is 4.18. The Kier molecular flexibility index (Phi) is 6.31. The lowest BCUT2D eigenvalue weighted by Gasteiger charge is -2.09. The summed E-state index contributed by atoms with van der Waals surface area (Å²) in [5.74, 6) is -1.40. The standard InChI is InChI=1S/C16H19NO5/c1-5-22-16(20)14(11(3)18)10(2)17-13-9-7-6-8-12(13)15(19)21-4/h6-9,18H,5H2,1-4H3/b14-11+,17-10?. The summed E-state index contributed by atoms with van der Waals surface area (Å²) in [7, 11) is 1.28. The van der Waals surface area contributed by atoms with Crippen LogP contribution in [0.3, 0.4) is 0 Å². The van der Waals surface area contributed by atoms with Crippen molar-refractivity contribution in [2.24, 2.45) is 4.99 Å². The number of rotatable bonds is 5. The molecule has 0 spiro atoms. The quantitative estimate of drug-likeness (QED) is 0.391. The van der Waals surface area contributed by atoms with Gasteiger partial charge in [0.25, 0.3) is 0 Å². The Balaban J connectivity index is 3.29. The summed E-state index contributed by atoms with van der Waals surface area (Å²) in [6, 6.07) is 6.57. The summed E-state index contributed by atoms with van der Waals surface area (Å²) < 4.78 is 9.58. The first-order valence-electron chi connectivity index (χ1n) is 6.72. The molecule has 0 aliphatic heterocycles. The first-order chi connectivity index (χ1) is 10.4. The fourth-order valence-corrected chi connectivity index (χ4v) is 1.85. The van der Waals surface area contributed by atoms with Gasteiger partial charge in [-0.1, -0.05) is 12.1 Å². The maximum atomic E-state index is 11.9. The lowest BCUT2D eigenvalue weighted by molar-refractivity contribution is -0.138. The molecule has 118 valence electrons. The van der Waals surface area contributed by atoms with Crippen molar-refractivity contribution >= 4 is 23.3 Å². The van der Waals surface area contributed by atoms with E-state index in [1.165, 1.54) is 14.0 Å². The smallest absolute Gasteiger partial charge is 0.343 e. The van der Waals surface area contributed by atoms with Gasteiger partial charge in [0.05, 0.1) is 30.7 Å². The lowest BCUT2D eigenvalue weighted by Crippen LogP contribution is -2.16. The van der Waals surface area contributed by atoms with E-state index in [-0.39, 0.29) is 29.2 Å². The molecule has 1 aromatic rings. The second-order valence-electron chi connectivity index (χ2n) is 4.39. The van der Waals surface area contributed by atoms with Crippen LogP contribution in [-0.2, 0) is 14.3 Å². The zero-order valence-corrected chi connectivity index (χ0v) is 13.0. The molecule has 1 N–H and O–H groups in total. The van der Waals surface area contributed by atoms with Gasteiger partial charge in [-0.25, -0.2) is 9.59 Å². The molecule has 22 heavy (non-hydrogen) atoms. The molecule has 1 rings (SSSR count). The van der Waals surface area contributed by atoms with E-state index in [1.54, 1.807) is 38.1 Å². The minimum atomic E-state index is -0.667. The van der Waals surface area contributed by atoms with Gasteiger partial charge in [0.15, 0.2) is 0 Å². The zero-order chi connectivity index (χ0) is 16.7. The number of allylic oxidation sites excluding steroid dienone is 1. The third-order valence-electron chi connectivity index (χ3n) is 2.80. The van der Waals surface area contributed by atoms with Gasteiger partial charge >= 0.3 is 11.9 Å². The Labute approximate surface area is 129 Å². The zero-order valence-electron chi connectivity index (χ0n) is 13.0. The highest BCUT2D eigenvalue weighted by Crippen LogP contribution is 2.21. The maximum Gasteiger partial charge on any atom is 0.343 e. The molecule has 0 saturated heterocycles. The van der Waals surface area contributed by atoms with Crippen LogP contribution < -0.4 is 0 Å². The molecule has 0 aliphatic carbocycles. The number of esters is 2. The molecule has 0 heterocycles. The average Bonchev–Trinajstić information content (AvgIpc) is 2.47. The van der Waals surface area contributed by atoms with Crippen LogP contribution in [0.15, 0.2) is 40.6 Å². The molecule has 0 atom stereocenters. The Morgan fingerprint density at radius 2 is 1.86 bits per heavy atom. The first-order valence-corrected chi connectivity index (χ1v) is 6.72. The van der Waals surface area contributed by atoms with Gasteiger partial charge in [0.2, 0.25) is 0 Å². The molecule has 6 nitrogen and oxygen atoms in total. The number of aliphatic hydroxyl groups is 1. The second kappa shape index (κ2) is 7.97. The number of carbonyl (C=O) groups excluding carboxylic acids is 2.